The van der Waals surface area contributed by atoms with Crippen molar-refractivity contribution in [3.8, 4) is 5.75 Å². The Morgan fingerprint density at radius 2 is 2.07 bits per heavy atom. The number of hydrogen-bond donors (Lipinski definition) is 3. The van der Waals surface area contributed by atoms with Gasteiger partial charge in [-0.3, -0.25) is 4.79 Å². The second kappa shape index (κ2) is 10.9. The Balaban J connectivity index is 1.48. The maximum atomic E-state index is 12.9. The van der Waals surface area contributed by atoms with Crippen molar-refractivity contribution in [2.75, 3.05) is 13.2 Å². The van der Waals surface area contributed by atoms with Crippen molar-refractivity contribution in [1.29, 1.82) is 0 Å². The molecule has 2 aliphatic rings. The molecule has 3 rings (SSSR count). The predicted octanol–water partition coefficient (Wildman–Crippen LogP) is 3.17. The molecular formula is C23H31FO6. The summed E-state index contributed by atoms with van der Waals surface area (Å²) in [6, 6.07) is 5.61. The minimum absolute atomic E-state index is 0.00766. The summed E-state index contributed by atoms with van der Waals surface area (Å²) in [4.78, 5) is 10.7. The van der Waals surface area contributed by atoms with Gasteiger partial charge in [0.05, 0.1) is 12.2 Å². The number of hydrogen-bond acceptors (Lipinski definition) is 5. The third-order valence-corrected chi connectivity index (χ3v) is 6.14. The van der Waals surface area contributed by atoms with Gasteiger partial charge in [-0.2, -0.15) is 0 Å². The number of ether oxygens (including phenoxy) is 2. The van der Waals surface area contributed by atoms with Crippen LogP contribution in [-0.4, -0.2) is 52.8 Å². The van der Waals surface area contributed by atoms with E-state index in [1.54, 1.807) is 6.08 Å². The van der Waals surface area contributed by atoms with Crippen LogP contribution in [0, 0.1) is 23.6 Å². The minimum Gasteiger partial charge on any atom is -0.491 e. The largest absolute Gasteiger partial charge is 0.491 e. The number of aliphatic carboxylic acids is 1. The van der Waals surface area contributed by atoms with E-state index in [1.165, 1.54) is 24.3 Å². The van der Waals surface area contributed by atoms with Gasteiger partial charge < -0.3 is 24.8 Å². The van der Waals surface area contributed by atoms with Crippen LogP contribution in [0.3, 0.4) is 0 Å². The minimum atomic E-state index is -0.836. The number of aliphatic hydroxyl groups excluding tert-OH is 2. The van der Waals surface area contributed by atoms with Crippen LogP contribution in [0.4, 0.5) is 4.39 Å². The van der Waals surface area contributed by atoms with Gasteiger partial charge in [-0.25, -0.2) is 4.39 Å². The Kier molecular flexibility index (Phi) is 8.24. The van der Waals surface area contributed by atoms with E-state index >= 15 is 0 Å². The zero-order chi connectivity index (χ0) is 21.5. The Morgan fingerprint density at radius 1 is 1.30 bits per heavy atom. The Hall–Kier alpha value is -1.96. The number of benzene rings is 1. The van der Waals surface area contributed by atoms with Gasteiger partial charge in [-0.1, -0.05) is 12.2 Å². The van der Waals surface area contributed by atoms with E-state index in [0.717, 1.165) is 19.3 Å². The van der Waals surface area contributed by atoms with Crippen LogP contribution in [0.1, 0.15) is 38.5 Å². The van der Waals surface area contributed by atoms with Crippen molar-refractivity contribution in [1.82, 2.24) is 0 Å². The van der Waals surface area contributed by atoms with E-state index in [9.17, 15) is 19.4 Å². The SMILES string of the molecule is O=C(O)CCC[C@H]1CC[C@@H]2[C@@H](C=C[C@@H](O)COc3ccc(F)cc3)[C@H](O)C[C@@H]2OC1. The summed E-state index contributed by atoms with van der Waals surface area (Å²) in [7, 11) is 0. The topological polar surface area (TPSA) is 96.2 Å². The Morgan fingerprint density at radius 3 is 2.80 bits per heavy atom. The summed E-state index contributed by atoms with van der Waals surface area (Å²) >= 11 is 0. The summed E-state index contributed by atoms with van der Waals surface area (Å²) in [5.74, 6) is -0.180. The number of carboxylic acids is 1. The molecular weight excluding hydrogens is 391 g/mol. The Labute approximate surface area is 176 Å². The molecule has 6 nitrogen and oxygen atoms in total. The van der Waals surface area contributed by atoms with Gasteiger partial charge in [0, 0.05) is 25.4 Å². The highest BCUT2D eigenvalue weighted by Crippen LogP contribution is 2.42. The van der Waals surface area contributed by atoms with E-state index in [1.807, 2.05) is 6.08 Å². The summed E-state index contributed by atoms with van der Waals surface area (Å²) < 4.78 is 24.4. The number of carbonyl (C=O) groups is 1. The number of carboxylic acid groups (broad SMARTS) is 1. The molecule has 7 heteroatoms. The van der Waals surface area contributed by atoms with Crippen LogP contribution >= 0.6 is 0 Å². The van der Waals surface area contributed by atoms with Crippen molar-refractivity contribution in [2.24, 2.45) is 17.8 Å². The standard InChI is InChI=1S/C23H31FO6/c24-16-5-8-18(9-6-16)29-14-17(25)7-11-19-20-10-4-15(2-1-3-23(27)28)13-30-22(20)12-21(19)26/h5-9,11,15,17,19-22,25-26H,1-4,10,12-14H2,(H,27,28)/t15-,17+,19+,20+,21+,22-/m0/s1. The molecule has 0 spiro atoms. The van der Waals surface area contributed by atoms with Crippen LogP contribution < -0.4 is 4.74 Å². The lowest BCUT2D eigenvalue weighted by atomic mass is 9.86. The normalized spacial score (nSPS) is 30.0. The van der Waals surface area contributed by atoms with E-state index < -0.39 is 18.2 Å². The van der Waals surface area contributed by atoms with Crippen molar-refractivity contribution < 1.29 is 34.0 Å². The fourth-order valence-corrected chi connectivity index (χ4v) is 4.51. The molecule has 0 radical (unpaired) electrons. The lowest BCUT2D eigenvalue weighted by Gasteiger charge is -2.21. The molecule has 2 fully saturated rings. The van der Waals surface area contributed by atoms with E-state index in [0.29, 0.717) is 31.1 Å². The molecule has 30 heavy (non-hydrogen) atoms. The number of fused-ring (bicyclic) bond motifs is 1. The second-order valence-electron chi connectivity index (χ2n) is 8.36. The van der Waals surface area contributed by atoms with Gasteiger partial charge in [0.1, 0.15) is 24.3 Å². The van der Waals surface area contributed by atoms with E-state index in [4.69, 9.17) is 14.6 Å². The highest BCUT2D eigenvalue weighted by Gasteiger charge is 2.43. The zero-order valence-corrected chi connectivity index (χ0v) is 17.0. The molecule has 3 N–H and O–H groups in total. The number of rotatable bonds is 9. The van der Waals surface area contributed by atoms with Crippen molar-refractivity contribution in [3.63, 3.8) is 0 Å². The highest BCUT2D eigenvalue weighted by atomic mass is 19.1. The third-order valence-electron chi connectivity index (χ3n) is 6.14. The molecule has 166 valence electrons. The molecule has 0 bridgehead atoms. The van der Waals surface area contributed by atoms with Crippen LogP contribution in [0.5, 0.6) is 5.75 Å². The van der Waals surface area contributed by atoms with Gasteiger partial charge >= 0.3 is 5.97 Å². The molecule has 1 aromatic carbocycles. The van der Waals surface area contributed by atoms with Crippen molar-refractivity contribution in [3.05, 3.63) is 42.2 Å². The first-order chi connectivity index (χ1) is 14.4. The van der Waals surface area contributed by atoms with E-state index in [-0.39, 0.29) is 36.8 Å². The fraction of sp³-hybridized carbons (Fsp3) is 0.609. The van der Waals surface area contributed by atoms with Gasteiger partial charge in [0.25, 0.3) is 0 Å². The number of halogens is 1. The van der Waals surface area contributed by atoms with E-state index in [2.05, 4.69) is 0 Å². The van der Waals surface area contributed by atoms with Crippen molar-refractivity contribution >= 4 is 5.97 Å². The predicted molar refractivity (Wildman–Crippen MR) is 109 cm³/mol. The molecule has 1 saturated heterocycles. The molecule has 1 aromatic rings. The maximum Gasteiger partial charge on any atom is 0.303 e. The van der Waals surface area contributed by atoms with Gasteiger partial charge in [-0.05, 0) is 61.8 Å². The molecule has 0 amide bonds. The van der Waals surface area contributed by atoms with Crippen LogP contribution in [-0.2, 0) is 9.53 Å². The van der Waals surface area contributed by atoms with Gasteiger partial charge in [-0.15, -0.1) is 0 Å². The smallest absolute Gasteiger partial charge is 0.303 e. The van der Waals surface area contributed by atoms with Gasteiger partial charge in [0.2, 0.25) is 0 Å². The first kappa shape index (κ1) is 22.7. The summed E-state index contributed by atoms with van der Waals surface area (Å²) in [6.45, 7) is 0.652. The first-order valence-corrected chi connectivity index (χ1v) is 10.7. The molecule has 0 aromatic heterocycles. The maximum absolute atomic E-state index is 12.9. The molecule has 6 atom stereocenters. The first-order valence-electron chi connectivity index (χ1n) is 10.7. The second-order valence-corrected chi connectivity index (χ2v) is 8.36. The summed E-state index contributed by atoms with van der Waals surface area (Å²) in [6.07, 6.45) is 6.28. The average Bonchev–Trinajstić information content (AvgIpc) is 2.87. The van der Waals surface area contributed by atoms with Crippen molar-refractivity contribution in [2.45, 2.75) is 56.8 Å². The van der Waals surface area contributed by atoms with Crippen LogP contribution in [0.2, 0.25) is 0 Å². The average molecular weight is 422 g/mol. The quantitative estimate of drug-likeness (QED) is 0.529. The molecule has 0 unspecified atom stereocenters. The molecule has 1 saturated carbocycles. The lowest BCUT2D eigenvalue weighted by Crippen LogP contribution is -2.22. The fourth-order valence-electron chi connectivity index (χ4n) is 4.51. The summed E-state index contributed by atoms with van der Waals surface area (Å²) in [5, 5.41) is 29.5. The molecule has 1 aliphatic carbocycles. The number of aliphatic hydroxyl groups is 2. The Bertz CT molecular complexity index is 706. The van der Waals surface area contributed by atoms with Crippen LogP contribution in [0.15, 0.2) is 36.4 Å². The molecule has 1 heterocycles. The lowest BCUT2D eigenvalue weighted by molar-refractivity contribution is -0.137. The third kappa shape index (κ3) is 6.52. The zero-order valence-electron chi connectivity index (χ0n) is 17.0. The monoisotopic (exact) mass is 422 g/mol. The summed E-state index contributed by atoms with van der Waals surface area (Å²) in [5.41, 5.74) is 0. The van der Waals surface area contributed by atoms with Crippen LogP contribution in [0.25, 0.3) is 0 Å². The van der Waals surface area contributed by atoms with Gasteiger partial charge in [0.15, 0.2) is 0 Å². The highest BCUT2D eigenvalue weighted by molar-refractivity contribution is 5.66. The molecule has 1 aliphatic heterocycles.